The fourth-order valence-corrected chi connectivity index (χ4v) is 2.63. The summed E-state index contributed by atoms with van der Waals surface area (Å²) < 4.78 is 40.1. The third kappa shape index (κ3) is 5.29. The van der Waals surface area contributed by atoms with Crippen molar-refractivity contribution in [1.29, 1.82) is 10.5 Å². The Bertz CT molecular complexity index is 1040. The van der Waals surface area contributed by atoms with E-state index >= 15 is 0 Å². The third-order valence-corrected chi connectivity index (χ3v) is 4.09. The van der Waals surface area contributed by atoms with Crippen LogP contribution in [0.2, 0.25) is 0 Å². The van der Waals surface area contributed by atoms with E-state index in [1.165, 1.54) is 18.2 Å². The molecule has 0 saturated heterocycles. The minimum Gasteiger partial charge on any atom is -0.371 e. The first-order valence-electron chi connectivity index (χ1n) is 8.64. The SMILES string of the molecule is CCN(CCC#N)c1ccc(N=Nc2c(C#N)cc([N+](=O)[O-])cc2C(F)(F)F)cc1. The minimum atomic E-state index is -4.96. The Morgan fingerprint density at radius 1 is 1.17 bits per heavy atom. The van der Waals surface area contributed by atoms with Gasteiger partial charge in [-0.05, 0) is 31.2 Å². The maximum absolute atomic E-state index is 13.4. The fraction of sp³-hybridized carbons (Fsp3) is 0.263. The van der Waals surface area contributed by atoms with Gasteiger partial charge in [-0.15, -0.1) is 5.11 Å². The number of rotatable bonds is 7. The molecule has 8 nitrogen and oxygen atoms in total. The van der Waals surface area contributed by atoms with E-state index in [0.717, 1.165) is 11.8 Å². The molecular formula is C19H15F3N6O2. The van der Waals surface area contributed by atoms with Gasteiger partial charge in [-0.3, -0.25) is 10.1 Å². The van der Waals surface area contributed by atoms with Gasteiger partial charge in [0.1, 0.15) is 11.8 Å². The van der Waals surface area contributed by atoms with Gasteiger partial charge in [0.2, 0.25) is 0 Å². The van der Waals surface area contributed by atoms with Crippen LogP contribution in [0.25, 0.3) is 0 Å². The number of nitro groups is 1. The van der Waals surface area contributed by atoms with Crippen molar-refractivity contribution >= 4 is 22.7 Å². The number of hydrogen-bond donors (Lipinski definition) is 0. The number of hydrogen-bond acceptors (Lipinski definition) is 7. The summed E-state index contributed by atoms with van der Waals surface area (Å²) in [5.41, 5.74) is -2.64. The van der Waals surface area contributed by atoms with Crippen LogP contribution in [-0.2, 0) is 6.18 Å². The molecule has 0 fully saturated rings. The molecule has 2 aromatic carbocycles. The second kappa shape index (κ2) is 9.47. The highest BCUT2D eigenvalue weighted by Crippen LogP contribution is 2.41. The second-order valence-corrected chi connectivity index (χ2v) is 5.96. The Labute approximate surface area is 169 Å². The second-order valence-electron chi connectivity index (χ2n) is 5.96. The van der Waals surface area contributed by atoms with E-state index in [4.69, 9.17) is 10.5 Å². The van der Waals surface area contributed by atoms with Crippen LogP contribution in [0.5, 0.6) is 0 Å². The Hall–Kier alpha value is -3.99. The number of azo groups is 1. The molecule has 0 amide bonds. The first kappa shape index (κ1) is 22.3. The molecule has 0 saturated carbocycles. The number of anilines is 1. The van der Waals surface area contributed by atoms with E-state index in [1.807, 2.05) is 11.8 Å². The first-order valence-corrected chi connectivity index (χ1v) is 8.64. The standard InChI is InChI=1S/C19H15F3N6O2/c1-2-27(9-3-8-23)15-6-4-14(5-7-15)25-26-18-13(12-24)10-16(28(29)30)11-17(18)19(20,21)22/h4-7,10-11H,2-3,9H2,1H3. The molecule has 0 bridgehead atoms. The van der Waals surface area contributed by atoms with Crippen molar-refractivity contribution in [3.05, 3.63) is 57.6 Å². The number of benzene rings is 2. The van der Waals surface area contributed by atoms with Gasteiger partial charge < -0.3 is 4.90 Å². The van der Waals surface area contributed by atoms with E-state index in [2.05, 4.69) is 16.3 Å². The molecule has 0 unspecified atom stereocenters. The summed E-state index contributed by atoms with van der Waals surface area (Å²) in [6, 6.07) is 11.0. The zero-order valence-electron chi connectivity index (χ0n) is 15.7. The summed E-state index contributed by atoms with van der Waals surface area (Å²) in [7, 11) is 0. The Morgan fingerprint density at radius 3 is 2.33 bits per heavy atom. The maximum atomic E-state index is 13.4. The highest BCUT2D eigenvalue weighted by atomic mass is 19.4. The van der Waals surface area contributed by atoms with Crippen LogP contribution in [-0.4, -0.2) is 18.0 Å². The maximum Gasteiger partial charge on any atom is 0.418 e. The van der Waals surface area contributed by atoms with E-state index in [9.17, 15) is 23.3 Å². The van der Waals surface area contributed by atoms with Crippen LogP contribution in [0.1, 0.15) is 24.5 Å². The Morgan fingerprint density at radius 2 is 1.83 bits per heavy atom. The summed E-state index contributed by atoms with van der Waals surface area (Å²) in [4.78, 5) is 11.8. The van der Waals surface area contributed by atoms with Gasteiger partial charge in [-0.25, -0.2) is 0 Å². The molecule has 0 atom stereocenters. The number of non-ortho nitro benzene ring substituents is 1. The first-order chi connectivity index (χ1) is 14.2. The molecule has 2 aromatic rings. The number of halogens is 3. The van der Waals surface area contributed by atoms with E-state index < -0.39 is 33.6 Å². The van der Waals surface area contributed by atoms with Crippen molar-refractivity contribution in [3.63, 3.8) is 0 Å². The van der Waals surface area contributed by atoms with Gasteiger partial charge in [0.05, 0.1) is 34.2 Å². The smallest absolute Gasteiger partial charge is 0.371 e. The summed E-state index contributed by atoms with van der Waals surface area (Å²) in [6.07, 6.45) is -4.62. The lowest BCUT2D eigenvalue weighted by atomic mass is 10.1. The molecule has 30 heavy (non-hydrogen) atoms. The summed E-state index contributed by atoms with van der Waals surface area (Å²) in [5, 5.41) is 36.0. The summed E-state index contributed by atoms with van der Waals surface area (Å²) in [5.74, 6) is 0. The topological polar surface area (TPSA) is 119 Å². The fourth-order valence-electron chi connectivity index (χ4n) is 2.63. The molecule has 11 heteroatoms. The Balaban J connectivity index is 2.41. The zero-order chi connectivity index (χ0) is 22.3. The summed E-state index contributed by atoms with van der Waals surface area (Å²) in [6.45, 7) is 3.10. The minimum absolute atomic E-state index is 0.227. The lowest BCUT2D eigenvalue weighted by molar-refractivity contribution is -0.385. The number of nitriles is 2. The monoisotopic (exact) mass is 416 g/mol. The molecule has 0 aliphatic heterocycles. The molecular weight excluding hydrogens is 401 g/mol. The van der Waals surface area contributed by atoms with Gasteiger partial charge in [0.25, 0.3) is 5.69 Å². The molecule has 0 radical (unpaired) electrons. The molecule has 0 aliphatic carbocycles. The predicted octanol–water partition coefficient (Wildman–Crippen LogP) is 5.64. The molecule has 0 heterocycles. The van der Waals surface area contributed by atoms with Crippen LogP contribution in [0.3, 0.4) is 0 Å². The van der Waals surface area contributed by atoms with Gasteiger partial charge in [-0.2, -0.15) is 28.8 Å². The molecule has 0 spiro atoms. The Kier molecular flexibility index (Phi) is 7.04. The van der Waals surface area contributed by atoms with Gasteiger partial charge in [0, 0.05) is 30.9 Å². The average Bonchev–Trinajstić information content (AvgIpc) is 2.72. The van der Waals surface area contributed by atoms with Crippen LogP contribution >= 0.6 is 0 Å². The lowest BCUT2D eigenvalue weighted by Crippen LogP contribution is -2.23. The van der Waals surface area contributed by atoms with Crippen LogP contribution in [0.4, 0.5) is 35.9 Å². The van der Waals surface area contributed by atoms with Crippen molar-refractivity contribution in [2.75, 3.05) is 18.0 Å². The number of nitrogens with zero attached hydrogens (tertiary/aromatic N) is 6. The zero-order valence-corrected chi connectivity index (χ0v) is 15.7. The quantitative estimate of drug-likeness (QED) is 0.329. The number of alkyl halides is 3. The molecule has 0 N–H and O–H groups in total. The normalized spacial score (nSPS) is 11.1. The molecule has 2 rings (SSSR count). The van der Waals surface area contributed by atoms with Crippen LogP contribution in [0, 0.1) is 32.8 Å². The predicted molar refractivity (Wildman–Crippen MR) is 102 cm³/mol. The van der Waals surface area contributed by atoms with E-state index in [0.29, 0.717) is 25.6 Å². The van der Waals surface area contributed by atoms with Crippen molar-refractivity contribution < 1.29 is 18.1 Å². The molecule has 0 aromatic heterocycles. The third-order valence-electron chi connectivity index (χ3n) is 4.09. The van der Waals surface area contributed by atoms with Crippen molar-refractivity contribution in [2.24, 2.45) is 10.2 Å². The van der Waals surface area contributed by atoms with E-state index in [1.54, 1.807) is 12.1 Å². The van der Waals surface area contributed by atoms with Crippen molar-refractivity contribution in [2.45, 2.75) is 19.5 Å². The van der Waals surface area contributed by atoms with Crippen molar-refractivity contribution in [3.8, 4) is 12.1 Å². The number of nitro benzene ring substituents is 1. The van der Waals surface area contributed by atoms with Crippen LogP contribution < -0.4 is 4.90 Å². The molecule has 0 aliphatic rings. The van der Waals surface area contributed by atoms with Crippen LogP contribution in [0.15, 0.2) is 46.6 Å². The highest BCUT2D eigenvalue weighted by Gasteiger charge is 2.37. The lowest BCUT2D eigenvalue weighted by Gasteiger charge is -2.21. The summed E-state index contributed by atoms with van der Waals surface area (Å²) >= 11 is 0. The van der Waals surface area contributed by atoms with Crippen molar-refractivity contribution in [1.82, 2.24) is 0 Å². The molecule has 154 valence electrons. The van der Waals surface area contributed by atoms with E-state index in [-0.39, 0.29) is 5.69 Å². The van der Waals surface area contributed by atoms with Gasteiger partial charge in [-0.1, -0.05) is 0 Å². The highest BCUT2D eigenvalue weighted by molar-refractivity contribution is 5.64. The van der Waals surface area contributed by atoms with Gasteiger partial charge in [0.15, 0.2) is 0 Å². The van der Waals surface area contributed by atoms with Gasteiger partial charge >= 0.3 is 6.18 Å². The average molecular weight is 416 g/mol. The largest absolute Gasteiger partial charge is 0.418 e.